The summed E-state index contributed by atoms with van der Waals surface area (Å²) in [6.45, 7) is 9.06. The van der Waals surface area contributed by atoms with Crippen LogP contribution in [0, 0.1) is 6.92 Å². The van der Waals surface area contributed by atoms with E-state index in [1.807, 2.05) is 18.3 Å². The van der Waals surface area contributed by atoms with E-state index in [-0.39, 0.29) is 11.8 Å². The summed E-state index contributed by atoms with van der Waals surface area (Å²) in [6, 6.07) is 11.8. The minimum Gasteiger partial charge on any atom is -0.406 e. The Balaban J connectivity index is 1.44. The number of hydrogen-bond acceptors (Lipinski definition) is 8. The molecule has 2 fully saturated rings. The molecular weight excluding hydrogens is 485 g/mol. The second-order valence-electron chi connectivity index (χ2n) is 9.22. The summed E-state index contributed by atoms with van der Waals surface area (Å²) in [6.07, 6.45) is -2.92. The number of rotatable bonds is 5. The van der Waals surface area contributed by atoms with Gasteiger partial charge in [0.1, 0.15) is 17.4 Å². The molecule has 2 saturated heterocycles. The molecule has 8 nitrogen and oxygen atoms in total. The lowest BCUT2D eigenvalue weighted by Gasteiger charge is -2.41. The second kappa shape index (κ2) is 10.4. The van der Waals surface area contributed by atoms with Crippen LogP contribution in [0.15, 0.2) is 48.7 Å². The van der Waals surface area contributed by atoms with Gasteiger partial charge in [-0.2, -0.15) is 4.98 Å². The molecule has 37 heavy (non-hydrogen) atoms. The number of anilines is 3. The standard InChI is InChI=1S/C26H29F3N6O2/c1-18-4-3-9-30-24(18)34-10-11-35(19(2)17-34)23-16-22(31-25(32-23)33-12-14-36-15-13-33)20-5-7-21(8-6-20)37-26(27,28)29/h3-9,16,19H,10-15,17H2,1-2H3/t19-/m1/s1. The molecule has 0 N–H and O–H groups in total. The monoisotopic (exact) mass is 514 g/mol. The summed E-state index contributed by atoms with van der Waals surface area (Å²) in [5.41, 5.74) is 2.46. The second-order valence-corrected chi connectivity index (χ2v) is 9.22. The summed E-state index contributed by atoms with van der Waals surface area (Å²) < 4.78 is 47.3. The first-order valence-electron chi connectivity index (χ1n) is 12.3. The maximum Gasteiger partial charge on any atom is 0.573 e. The normalized spacial score (nSPS) is 18.7. The molecule has 1 aromatic carbocycles. The first-order chi connectivity index (χ1) is 17.8. The van der Waals surface area contributed by atoms with Crippen molar-refractivity contribution in [3.8, 4) is 17.0 Å². The summed E-state index contributed by atoms with van der Waals surface area (Å²) in [5.74, 6) is 2.09. The maximum absolute atomic E-state index is 12.6. The number of hydrogen-bond donors (Lipinski definition) is 0. The van der Waals surface area contributed by atoms with E-state index in [4.69, 9.17) is 14.7 Å². The van der Waals surface area contributed by atoms with Crippen LogP contribution in [-0.2, 0) is 4.74 Å². The van der Waals surface area contributed by atoms with Crippen molar-refractivity contribution in [3.63, 3.8) is 0 Å². The van der Waals surface area contributed by atoms with Gasteiger partial charge in [0.25, 0.3) is 0 Å². The van der Waals surface area contributed by atoms with Crippen LogP contribution >= 0.6 is 0 Å². The van der Waals surface area contributed by atoms with Gasteiger partial charge in [0.2, 0.25) is 5.95 Å². The van der Waals surface area contributed by atoms with Gasteiger partial charge in [0.15, 0.2) is 0 Å². The Morgan fingerprint density at radius 1 is 0.973 bits per heavy atom. The van der Waals surface area contributed by atoms with Gasteiger partial charge >= 0.3 is 6.36 Å². The quantitative estimate of drug-likeness (QED) is 0.500. The van der Waals surface area contributed by atoms with Gasteiger partial charge in [0, 0.05) is 56.6 Å². The number of aryl methyl sites for hydroxylation is 1. The number of benzene rings is 1. The van der Waals surface area contributed by atoms with Gasteiger partial charge in [-0.25, -0.2) is 9.97 Å². The van der Waals surface area contributed by atoms with Crippen molar-refractivity contribution in [1.29, 1.82) is 0 Å². The molecule has 0 radical (unpaired) electrons. The van der Waals surface area contributed by atoms with Crippen LogP contribution in [0.4, 0.5) is 30.8 Å². The molecule has 0 aliphatic carbocycles. The molecule has 3 aromatic rings. The van der Waals surface area contributed by atoms with E-state index in [9.17, 15) is 13.2 Å². The minimum absolute atomic E-state index is 0.151. The molecule has 1 atom stereocenters. The van der Waals surface area contributed by atoms with Crippen LogP contribution in [0.3, 0.4) is 0 Å². The highest BCUT2D eigenvalue weighted by molar-refractivity contribution is 5.66. The van der Waals surface area contributed by atoms with Crippen molar-refractivity contribution in [2.75, 3.05) is 60.6 Å². The zero-order chi connectivity index (χ0) is 26.0. The Morgan fingerprint density at radius 2 is 1.73 bits per heavy atom. The van der Waals surface area contributed by atoms with Gasteiger partial charge in [-0.1, -0.05) is 6.07 Å². The number of halogens is 3. The van der Waals surface area contributed by atoms with Crippen molar-refractivity contribution in [2.45, 2.75) is 26.3 Å². The third-order valence-electron chi connectivity index (χ3n) is 6.58. The molecule has 4 heterocycles. The lowest BCUT2D eigenvalue weighted by atomic mass is 10.1. The molecule has 2 aliphatic heterocycles. The third-order valence-corrected chi connectivity index (χ3v) is 6.58. The van der Waals surface area contributed by atoms with Crippen LogP contribution in [0.5, 0.6) is 5.75 Å². The summed E-state index contributed by atoms with van der Waals surface area (Å²) in [5, 5.41) is 0. The van der Waals surface area contributed by atoms with E-state index in [1.165, 1.54) is 12.1 Å². The van der Waals surface area contributed by atoms with E-state index in [0.29, 0.717) is 43.5 Å². The number of ether oxygens (including phenoxy) is 2. The fourth-order valence-corrected chi connectivity index (χ4v) is 4.75. The molecule has 5 rings (SSSR count). The van der Waals surface area contributed by atoms with E-state index in [0.717, 1.165) is 36.8 Å². The Labute approximate surface area is 213 Å². The van der Waals surface area contributed by atoms with Crippen LogP contribution < -0.4 is 19.4 Å². The largest absolute Gasteiger partial charge is 0.573 e. The molecule has 11 heteroatoms. The molecular formula is C26H29F3N6O2. The predicted octanol–water partition coefficient (Wildman–Crippen LogP) is 4.30. The highest BCUT2D eigenvalue weighted by Crippen LogP contribution is 2.31. The van der Waals surface area contributed by atoms with Crippen molar-refractivity contribution in [2.24, 2.45) is 0 Å². The molecule has 0 unspecified atom stereocenters. The first kappa shape index (κ1) is 25.1. The van der Waals surface area contributed by atoms with Gasteiger partial charge in [-0.3, -0.25) is 0 Å². The number of aromatic nitrogens is 3. The molecule has 0 saturated carbocycles. The lowest BCUT2D eigenvalue weighted by molar-refractivity contribution is -0.274. The van der Waals surface area contributed by atoms with Gasteiger partial charge < -0.3 is 24.2 Å². The fourth-order valence-electron chi connectivity index (χ4n) is 4.75. The highest BCUT2D eigenvalue weighted by atomic mass is 19.4. The Kier molecular flexibility index (Phi) is 7.05. The highest BCUT2D eigenvalue weighted by Gasteiger charge is 2.31. The lowest BCUT2D eigenvalue weighted by Crippen LogP contribution is -2.53. The topological polar surface area (TPSA) is 66.9 Å². The van der Waals surface area contributed by atoms with Crippen molar-refractivity contribution in [3.05, 3.63) is 54.2 Å². The van der Waals surface area contributed by atoms with E-state index < -0.39 is 6.36 Å². The molecule has 2 aromatic heterocycles. The van der Waals surface area contributed by atoms with Crippen molar-refractivity contribution < 1.29 is 22.6 Å². The predicted molar refractivity (Wildman–Crippen MR) is 135 cm³/mol. The Morgan fingerprint density at radius 3 is 2.41 bits per heavy atom. The zero-order valence-corrected chi connectivity index (χ0v) is 20.8. The maximum atomic E-state index is 12.6. The van der Waals surface area contributed by atoms with E-state index in [2.05, 4.69) is 44.3 Å². The third kappa shape index (κ3) is 5.87. The summed E-state index contributed by atoms with van der Waals surface area (Å²) >= 11 is 0. The van der Waals surface area contributed by atoms with Gasteiger partial charge in [-0.15, -0.1) is 13.2 Å². The minimum atomic E-state index is -4.74. The number of nitrogens with zero attached hydrogens (tertiary/aromatic N) is 6. The average molecular weight is 515 g/mol. The molecule has 0 amide bonds. The van der Waals surface area contributed by atoms with Gasteiger partial charge in [0.05, 0.1) is 18.9 Å². The Bertz CT molecular complexity index is 1220. The number of alkyl halides is 3. The zero-order valence-electron chi connectivity index (χ0n) is 20.8. The number of piperazine rings is 1. The molecule has 0 spiro atoms. The summed E-state index contributed by atoms with van der Waals surface area (Å²) in [4.78, 5) is 20.9. The molecule has 196 valence electrons. The fraction of sp³-hybridized carbons (Fsp3) is 0.423. The summed E-state index contributed by atoms with van der Waals surface area (Å²) in [7, 11) is 0. The Hall–Kier alpha value is -3.60. The smallest absolute Gasteiger partial charge is 0.406 e. The van der Waals surface area contributed by atoms with Crippen LogP contribution in [0.25, 0.3) is 11.3 Å². The van der Waals surface area contributed by atoms with Crippen LogP contribution in [-0.4, -0.2) is 73.3 Å². The average Bonchev–Trinajstić information content (AvgIpc) is 2.89. The van der Waals surface area contributed by atoms with Gasteiger partial charge in [-0.05, 0) is 49.7 Å². The van der Waals surface area contributed by atoms with E-state index in [1.54, 1.807) is 12.1 Å². The first-order valence-corrected chi connectivity index (χ1v) is 12.3. The van der Waals surface area contributed by atoms with Crippen LogP contribution in [0.1, 0.15) is 12.5 Å². The van der Waals surface area contributed by atoms with E-state index >= 15 is 0 Å². The number of pyridine rings is 1. The van der Waals surface area contributed by atoms with Crippen molar-refractivity contribution >= 4 is 17.6 Å². The van der Waals surface area contributed by atoms with Crippen LogP contribution in [0.2, 0.25) is 0 Å². The molecule has 2 aliphatic rings. The number of morpholine rings is 1. The SMILES string of the molecule is Cc1cccnc1N1CCN(c2cc(-c3ccc(OC(F)(F)F)cc3)nc(N3CCOCC3)n2)[C@H](C)C1. The molecule has 0 bridgehead atoms. The van der Waals surface area contributed by atoms with Crippen molar-refractivity contribution in [1.82, 2.24) is 15.0 Å².